The molecule has 92 valence electrons. The Balaban J connectivity index is 2.73. The second kappa shape index (κ2) is 5.62. The lowest BCUT2D eigenvalue weighted by Crippen LogP contribution is -2.41. The minimum absolute atomic E-state index is 1.23. The zero-order valence-corrected chi connectivity index (χ0v) is 13.2. The first-order valence-electron chi connectivity index (χ1n) is 5.93. The van der Waals surface area contributed by atoms with Crippen LogP contribution in [0.3, 0.4) is 0 Å². The van der Waals surface area contributed by atoms with Crippen LogP contribution in [-0.2, 0) is 4.12 Å². The Morgan fingerprint density at radius 3 is 2.12 bits per heavy atom. The maximum atomic E-state index is 6.27. The summed E-state index contributed by atoms with van der Waals surface area (Å²) in [5, 5.41) is 0. The van der Waals surface area contributed by atoms with Crippen LogP contribution in [-0.4, -0.2) is 16.6 Å². The Bertz CT molecular complexity index is 394. The molecule has 0 aliphatic heterocycles. The lowest BCUT2D eigenvalue weighted by molar-refractivity contribution is 0.571. The molecular formula is C14H22OSi2. The molecule has 0 spiro atoms. The molecule has 0 amide bonds. The van der Waals surface area contributed by atoms with Gasteiger partial charge in [0.15, 0.2) is 16.6 Å². The van der Waals surface area contributed by atoms with E-state index in [4.69, 9.17) is 4.12 Å². The topological polar surface area (TPSA) is 9.23 Å². The summed E-state index contributed by atoms with van der Waals surface area (Å²) in [5.74, 6) is 0. The maximum absolute atomic E-state index is 6.27. The first kappa shape index (κ1) is 14.2. The molecule has 3 heteroatoms. The van der Waals surface area contributed by atoms with E-state index in [1.54, 1.807) is 0 Å². The van der Waals surface area contributed by atoms with Gasteiger partial charge in [-0.25, -0.2) is 0 Å². The fourth-order valence-electron chi connectivity index (χ4n) is 1.61. The van der Waals surface area contributed by atoms with Gasteiger partial charge in [-0.1, -0.05) is 47.8 Å². The lowest BCUT2D eigenvalue weighted by atomic mass is 10.2. The summed E-state index contributed by atoms with van der Waals surface area (Å²) in [6.45, 7) is 12.7. The molecule has 0 saturated carbocycles. The molecule has 0 unspecified atom stereocenters. The van der Waals surface area contributed by atoms with Gasteiger partial charge < -0.3 is 4.12 Å². The largest absolute Gasteiger partial charge is 0.449 e. The van der Waals surface area contributed by atoms with Crippen molar-refractivity contribution in [3.63, 3.8) is 0 Å². The molecule has 1 rings (SSSR count). The van der Waals surface area contributed by atoms with E-state index < -0.39 is 16.6 Å². The van der Waals surface area contributed by atoms with Crippen molar-refractivity contribution in [2.24, 2.45) is 0 Å². The summed E-state index contributed by atoms with van der Waals surface area (Å²) in [4.78, 5) is 0. The molecule has 0 radical (unpaired) electrons. The van der Waals surface area contributed by atoms with E-state index in [1.165, 1.54) is 5.56 Å². The third-order valence-electron chi connectivity index (χ3n) is 2.49. The van der Waals surface area contributed by atoms with E-state index in [-0.39, 0.29) is 0 Å². The van der Waals surface area contributed by atoms with Crippen molar-refractivity contribution in [3.8, 4) is 0 Å². The minimum atomic E-state index is -1.73. The first-order chi connectivity index (χ1) is 7.85. The fourth-order valence-corrected chi connectivity index (χ4v) is 8.24. The van der Waals surface area contributed by atoms with E-state index in [2.05, 4.69) is 68.8 Å². The quantitative estimate of drug-likeness (QED) is 0.715. The smallest absolute Gasteiger partial charge is 0.198 e. The standard InChI is InChI=1S/C14H22OSi2/c1-6-16(2,3)15-17(4,5)13-12-14-10-8-7-9-11-14/h6-13H,1H2,2-5H3. The summed E-state index contributed by atoms with van der Waals surface area (Å²) in [5.41, 5.74) is 5.48. The third kappa shape index (κ3) is 5.30. The van der Waals surface area contributed by atoms with Gasteiger partial charge in [0.25, 0.3) is 0 Å². The summed E-state index contributed by atoms with van der Waals surface area (Å²) in [6, 6.07) is 10.4. The summed E-state index contributed by atoms with van der Waals surface area (Å²) >= 11 is 0. The van der Waals surface area contributed by atoms with Gasteiger partial charge in [-0.05, 0) is 31.8 Å². The van der Waals surface area contributed by atoms with Crippen LogP contribution in [0.2, 0.25) is 26.2 Å². The van der Waals surface area contributed by atoms with Gasteiger partial charge >= 0.3 is 0 Å². The van der Waals surface area contributed by atoms with Gasteiger partial charge in [-0.15, -0.1) is 6.58 Å². The summed E-state index contributed by atoms with van der Waals surface area (Å²) in [7, 11) is -3.41. The molecule has 0 saturated heterocycles. The molecule has 1 nitrogen and oxygen atoms in total. The zero-order chi connectivity index (χ0) is 12.9. The minimum Gasteiger partial charge on any atom is -0.449 e. The third-order valence-corrected chi connectivity index (χ3v) is 8.66. The normalized spacial score (nSPS) is 12.9. The second-order valence-corrected chi connectivity index (χ2v) is 13.2. The average molecular weight is 263 g/mol. The maximum Gasteiger partial charge on any atom is 0.198 e. The van der Waals surface area contributed by atoms with Crippen LogP contribution in [0.15, 0.2) is 48.3 Å². The predicted molar refractivity (Wildman–Crippen MR) is 81.7 cm³/mol. The van der Waals surface area contributed by atoms with Gasteiger partial charge in [0.2, 0.25) is 0 Å². The molecule has 0 aromatic heterocycles. The molecule has 17 heavy (non-hydrogen) atoms. The van der Waals surface area contributed by atoms with Crippen molar-refractivity contribution in [3.05, 3.63) is 53.9 Å². The molecule has 0 heterocycles. The van der Waals surface area contributed by atoms with E-state index in [9.17, 15) is 0 Å². The highest BCUT2D eigenvalue weighted by Crippen LogP contribution is 2.17. The fraction of sp³-hybridized carbons (Fsp3) is 0.286. The summed E-state index contributed by atoms with van der Waals surface area (Å²) in [6.07, 6.45) is 2.17. The average Bonchev–Trinajstić information content (AvgIpc) is 2.27. The molecule has 0 bridgehead atoms. The molecule has 0 N–H and O–H groups in total. The van der Waals surface area contributed by atoms with Crippen LogP contribution < -0.4 is 0 Å². The van der Waals surface area contributed by atoms with Crippen molar-refractivity contribution in [2.75, 3.05) is 0 Å². The highest BCUT2D eigenvalue weighted by atomic mass is 28.4. The Labute approximate surface area is 107 Å². The monoisotopic (exact) mass is 262 g/mol. The molecule has 1 aromatic carbocycles. The SMILES string of the molecule is C=C[Si](C)(C)O[Si](C)(C)C=Cc1ccccc1. The van der Waals surface area contributed by atoms with Crippen molar-refractivity contribution >= 4 is 22.7 Å². The van der Waals surface area contributed by atoms with E-state index in [0.29, 0.717) is 0 Å². The van der Waals surface area contributed by atoms with Crippen molar-refractivity contribution in [2.45, 2.75) is 26.2 Å². The molecular weight excluding hydrogens is 240 g/mol. The molecule has 0 aliphatic rings. The number of hydrogen-bond donors (Lipinski definition) is 0. The van der Waals surface area contributed by atoms with Crippen molar-refractivity contribution in [1.82, 2.24) is 0 Å². The zero-order valence-electron chi connectivity index (χ0n) is 11.2. The van der Waals surface area contributed by atoms with Crippen LogP contribution in [0.25, 0.3) is 6.08 Å². The van der Waals surface area contributed by atoms with Gasteiger partial charge in [0.1, 0.15) is 0 Å². The Morgan fingerprint density at radius 2 is 1.59 bits per heavy atom. The van der Waals surface area contributed by atoms with E-state index >= 15 is 0 Å². The Hall–Kier alpha value is -0.906. The highest BCUT2D eigenvalue weighted by molar-refractivity contribution is 6.89. The van der Waals surface area contributed by atoms with Crippen LogP contribution >= 0.6 is 0 Å². The Morgan fingerprint density at radius 1 is 1.00 bits per heavy atom. The van der Waals surface area contributed by atoms with Gasteiger partial charge in [0, 0.05) is 0 Å². The second-order valence-electron chi connectivity index (χ2n) is 5.26. The van der Waals surface area contributed by atoms with E-state index in [0.717, 1.165) is 0 Å². The Kier molecular flexibility index (Phi) is 4.68. The summed E-state index contributed by atoms with van der Waals surface area (Å²) < 4.78 is 6.27. The highest BCUT2D eigenvalue weighted by Gasteiger charge is 2.28. The number of rotatable bonds is 5. The molecule has 0 fully saturated rings. The van der Waals surface area contributed by atoms with Gasteiger partial charge in [-0.2, -0.15) is 0 Å². The van der Waals surface area contributed by atoms with Crippen LogP contribution in [0.5, 0.6) is 0 Å². The first-order valence-corrected chi connectivity index (χ1v) is 11.9. The number of benzene rings is 1. The van der Waals surface area contributed by atoms with Gasteiger partial charge in [-0.3, -0.25) is 0 Å². The molecule has 0 atom stereocenters. The predicted octanol–water partition coefficient (Wildman–Crippen LogP) is 4.39. The van der Waals surface area contributed by atoms with Crippen LogP contribution in [0.4, 0.5) is 0 Å². The molecule has 1 aromatic rings. The number of hydrogen-bond acceptors (Lipinski definition) is 1. The molecule has 0 aliphatic carbocycles. The van der Waals surface area contributed by atoms with Crippen molar-refractivity contribution < 1.29 is 4.12 Å². The van der Waals surface area contributed by atoms with E-state index in [1.807, 2.05) is 11.8 Å². The lowest BCUT2D eigenvalue weighted by Gasteiger charge is -2.29. The van der Waals surface area contributed by atoms with Crippen LogP contribution in [0, 0.1) is 0 Å². The van der Waals surface area contributed by atoms with Crippen molar-refractivity contribution in [1.29, 1.82) is 0 Å². The van der Waals surface area contributed by atoms with Gasteiger partial charge in [0.05, 0.1) is 0 Å². The van der Waals surface area contributed by atoms with Crippen LogP contribution in [0.1, 0.15) is 5.56 Å².